The van der Waals surface area contributed by atoms with Gasteiger partial charge in [0.05, 0.1) is 5.69 Å². The number of alkyl halides is 1. The number of pyridine rings is 1. The van der Waals surface area contributed by atoms with E-state index in [0.717, 1.165) is 30.5 Å². The molecular weight excluding hydrogens is 228 g/mol. The van der Waals surface area contributed by atoms with E-state index in [2.05, 4.69) is 39.2 Å². The first kappa shape index (κ1) is 10.7. The molecule has 0 unspecified atom stereocenters. The second kappa shape index (κ2) is 6.11. The molecule has 1 heterocycles. The minimum absolute atomic E-state index is 0.875. The molecule has 1 aromatic heterocycles. The molecule has 0 aromatic carbocycles. The summed E-state index contributed by atoms with van der Waals surface area (Å²) in [6.07, 6.45) is 3.00. The fraction of sp³-hybridized carbons (Fsp3) is 0.500. The molecule has 1 N–H and O–H groups in total. The normalized spacial score (nSPS) is 10.3. The monoisotopic (exact) mass is 242 g/mol. The molecule has 0 atom stereocenters. The summed E-state index contributed by atoms with van der Waals surface area (Å²) in [7, 11) is 0. The lowest BCUT2D eigenvalue weighted by atomic mass is 10.2. The van der Waals surface area contributed by atoms with Crippen molar-refractivity contribution in [3.05, 3.63) is 29.6 Å². The highest BCUT2D eigenvalue weighted by molar-refractivity contribution is 9.09. The highest BCUT2D eigenvalue weighted by Crippen LogP contribution is 2.01. The number of aromatic nitrogens is 1. The smallest absolute Gasteiger partial charge is 0.0570 e. The van der Waals surface area contributed by atoms with Gasteiger partial charge in [-0.25, -0.2) is 0 Å². The molecule has 0 aliphatic heterocycles. The summed E-state index contributed by atoms with van der Waals surface area (Å²) in [5.41, 5.74) is 2.41. The molecule has 0 amide bonds. The van der Waals surface area contributed by atoms with Crippen LogP contribution in [0.5, 0.6) is 0 Å². The minimum Gasteiger partial charge on any atom is -0.311 e. The fourth-order valence-corrected chi connectivity index (χ4v) is 1.38. The fourth-order valence-electron chi connectivity index (χ4n) is 1.10. The van der Waals surface area contributed by atoms with Gasteiger partial charge in [0.15, 0.2) is 0 Å². The molecule has 72 valence electrons. The summed E-state index contributed by atoms with van der Waals surface area (Å²) in [6, 6.07) is 4.06. The van der Waals surface area contributed by atoms with E-state index in [1.165, 1.54) is 5.56 Å². The maximum atomic E-state index is 4.30. The number of nitrogens with zero attached hydrogens (tertiary/aromatic N) is 1. The van der Waals surface area contributed by atoms with Gasteiger partial charge < -0.3 is 5.32 Å². The Bertz CT molecular complexity index is 250. The summed E-state index contributed by atoms with van der Waals surface area (Å²) in [5, 5.41) is 4.41. The van der Waals surface area contributed by atoms with Crippen LogP contribution in [-0.2, 0) is 6.54 Å². The Kier molecular flexibility index (Phi) is 5.01. The Balaban J connectivity index is 2.32. The van der Waals surface area contributed by atoms with Crippen molar-refractivity contribution in [2.75, 3.05) is 11.9 Å². The molecular formula is C10H15BrN2. The largest absolute Gasteiger partial charge is 0.311 e. The third kappa shape index (κ3) is 3.87. The van der Waals surface area contributed by atoms with E-state index >= 15 is 0 Å². The van der Waals surface area contributed by atoms with Crippen molar-refractivity contribution >= 4 is 15.9 Å². The SMILES string of the molecule is Cc1cccnc1CNCCCBr. The molecule has 3 heteroatoms. The average Bonchev–Trinajstić information content (AvgIpc) is 2.15. The van der Waals surface area contributed by atoms with E-state index < -0.39 is 0 Å². The first-order valence-electron chi connectivity index (χ1n) is 4.52. The number of hydrogen-bond donors (Lipinski definition) is 1. The zero-order valence-electron chi connectivity index (χ0n) is 7.89. The molecule has 0 bridgehead atoms. The van der Waals surface area contributed by atoms with Crippen LogP contribution in [0, 0.1) is 6.92 Å². The van der Waals surface area contributed by atoms with Crippen molar-refractivity contribution in [1.82, 2.24) is 10.3 Å². The first-order chi connectivity index (χ1) is 6.34. The van der Waals surface area contributed by atoms with Gasteiger partial charge in [-0.05, 0) is 31.5 Å². The molecule has 0 aliphatic rings. The second-order valence-electron chi connectivity index (χ2n) is 2.99. The zero-order valence-corrected chi connectivity index (χ0v) is 9.47. The van der Waals surface area contributed by atoms with Crippen LogP contribution in [0.4, 0.5) is 0 Å². The van der Waals surface area contributed by atoms with Crippen LogP contribution in [0.1, 0.15) is 17.7 Å². The topological polar surface area (TPSA) is 24.9 Å². The molecule has 1 aromatic rings. The maximum absolute atomic E-state index is 4.30. The lowest BCUT2D eigenvalue weighted by Crippen LogP contribution is -2.16. The molecule has 0 radical (unpaired) electrons. The van der Waals surface area contributed by atoms with Crippen molar-refractivity contribution in [2.45, 2.75) is 19.9 Å². The summed E-state index contributed by atoms with van der Waals surface area (Å²) in [6.45, 7) is 4.01. The van der Waals surface area contributed by atoms with E-state index in [1.807, 2.05) is 12.3 Å². The van der Waals surface area contributed by atoms with Crippen molar-refractivity contribution < 1.29 is 0 Å². The van der Waals surface area contributed by atoms with Crippen LogP contribution >= 0.6 is 15.9 Å². The summed E-state index contributed by atoms with van der Waals surface area (Å²) >= 11 is 3.39. The molecule has 2 nitrogen and oxygen atoms in total. The quantitative estimate of drug-likeness (QED) is 0.633. The number of aryl methyl sites for hydroxylation is 1. The first-order valence-corrected chi connectivity index (χ1v) is 5.64. The van der Waals surface area contributed by atoms with Crippen LogP contribution in [0.25, 0.3) is 0 Å². The predicted octanol–water partition coefficient (Wildman–Crippen LogP) is 2.26. The highest BCUT2D eigenvalue weighted by Gasteiger charge is 1.96. The van der Waals surface area contributed by atoms with Gasteiger partial charge in [0.1, 0.15) is 0 Å². The number of hydrogen-bond acceptors (Lipinski definition) is 2. The maximum Gasteiger partial charge on any atom is 0.0570 e. The highest BCUT2D eigenvalue weighted by atomic mass is 79.9. The van der Waals surface area contributed by atoms with E-state index in [9.17, 15) is 0 Å². The van der Waals surface area contributed by atoms with Gasteiger partial charge in [0, 0.05) is 18.1 Å². The summed E-state index contributed by atoms with van der Waals surface area (Å²) in [4.78, 5) is 4.30. The van der Waals surface area contributed by atoms with E-state index in [0.29, 0.717) is 0 Å². The molecule has 0 saturated heterocycles. The number of halogens is 1. The van der Waals surface area contributed by atoms with Crippen molar-refractivity contribution in [1.29, 1.82) is 0 Å². The minimum atomic E-state index is 0.875. The average molecular weight is 243 g/mol. The summed E-state index contributed by atoms with van der Waals surface area (Å²) in [5.74, 6) is 0. The Hall–Kier alpha value is -0.410. The lowest BCUT2D eigenvalue weighted by molar-refractivity contribution is 0.666. The van der Waals surface area contributed by atoms with Crippen LogP contribution in [0.3, 0.4) is 0 Å². The predicted molar refractivity (Wildman–Crippen MR) is 59.1 cm³/mol. The van der Waals surface area contributed by atoms with Gasteiger partial charge in [-0.3, -0.25) is 4.98 Å². The standard InChI is InChI=1S/C10H15BrN2/c1-9-4-2-7-13-10(9)8-12-6-3-5-11/h2,4,7,12H,3,5-6,8H2,1H3. The van der Waals surface area contributed by atoms with Gasteiger partial charge in [0.25, 0.3) is 0 Å². The molecule has 1 rings (SSSR count). The van der Waals surface area contributed by atoms with Gasteiger partial charge in [-0.15, -0.1) is 0 Å². The third-order valence-electron chi connectivity index (χ3n) is 1.90. The van der Waals surface area contributed by atoms with E-state index in [-0.39, 0.29) is 0 Å². The molecule has 0 spiro atoms. The third-order valence-corrected chi connectivity index (χ3v) is 2.46. The van der Waals surface area contributed by atoms with E-state index in [1.54, 1.807) is 0 Å². The van der Waals surface area contributed by atoms with Gasteiger partial charge in [-0.2, -0.15) is 0 Å². The van der Waals surface area contributed by atoms with Gasteiger partial charge in [0.2, 0.25) is 0 Å². The Morgan fingerprint density at radius 3 is 3.08 bits per heavy atom. The van der Waals surface area contributed by atoms with Crippen LogP contribution in [0.15, 0.2) is 18.3 Å². The second-order valence-corrected chi connectivity index (χ2v) is 3.78. The van der Waals surface area contributed by atoms with Gasteiger partial charge in [-0.1, -0.05) is 22.0 Å². The van der Waals surface area contributed by atoms with Crippen LogP contribution < -0.4 is 5.32 Å². The Morgan fingerprint density at radius 2 is 2.38 bits per heavy atom. The van der Waals surface area contributed by atoms with Crippen molar-refractivity contribution in [2.24, 2.45) is 0 Å². The Morgan fingerprint density at radius 1 is 1.54 bits per heavy atom. The molecule has 0 fully saturated rings. The molecule has 0 saturated carbocycles. The van der Waals surface area contributed by atoms with Crippen molar-refractivity contribution in [3.63, 3.8) is 0 Å². The summed E-state index contributed by atoms with van der Waals surface area (Å²) < 4.78 is 0. The zero-order chi connectivity index (χ0) is 9.52. The Labute approximate surface area is 87.9 Å². The van der Waals surface area contributed by atoms with Crippen molar-refractivity contribution in [3.8, 4) is 0 Å². The molecule has 0 aliphatic carbocycles. The van der Waals surface area contributed by atoms with E-state index in [4.69, 9.17) is 0 Å². The number of rotatable bonds is 5. The molecule has 13 heavy (non-hydrogen) atoms. The number of nitrogens with one attached hydrogen (secondary N) is 1. The lowest BCUT2D eigenvalue weighted by Gasteiger charge is -2.05. The van der Waals surface area contributed by atoms with Gasteiger partial charge >= 0.3 is 0 Å². The van der Waals surface area contributed by atoms with Crippen LogP contribution in [0.2, 0.25) is 0 Å². The van der Waals surface area contributed by atoms with Crippen LogP contribution in [-0.4, -0.2) is 16.9 Å².